The van der Waals surface area contributed by atoms with Crippen molar-refractivity contribution < 1.29 is 4.39 Å². The second-order valence-electron chi connectivity index (χ2n) is 5.38. The van der Waals surface area contributed by atoms with Gasteiger partial charge < -0.3 is 4.57 Å². The van der Waals surface area contributed by atoms with Crippen molar-refractivity contribution in [2.45, 2.75) is 13.0 Å². The van der Waals surface area contributed by atoms with E-state index in [0.29, 0.717) is 11.2 Å². The fourth-order valence-corrected chi connectivity index (χ4v) is 2.93. The highest BCUT2D eigenvalue weighted by Gasteiger charge is 2.20. The van der Waals surface area contributed by atoms with Gasteiger partial charge in [0.1, 0.15) is 11.6 Å². The van der Waals surface area contributed by atoms with Crippen molar-refractivity contribution in [3.8, 4) is 0 Å². The van der Waals surface area contributed by atoms with Crippen LogP contribution >= 0.6 is 0 Å². The zero-order chi connectivity index (χ0) is 15.1. The molecule has 1 aromatic heterocycles. The fraction of sp³-hybridized carbons (Fsp3) is 0.111. The van der Waals surface area contributed by atoms with E-state index in [1.165, 1.54) is 12.1 Å². The zero-order valence-electron chi connectivity index (χ0n) is 11.8. The van der Waals surface area contributed by atoms with Crippen LogP contribution in [0.15, 0.2) is 53.3 Å². The lowest BCUT2D eigenvalue weighted by Crippen LogP contribution is -2.14. The molecule has 1 aliphatic rings. The smallest absolute Gasteiger partial charge is 0.281 e. The highest BCUT2D eigenvalue weighted by Crippen LogP contribution is 2.29. The van der Waals surface area contributed by atoms with E-state index in [1.807, 2.05) is 24.3 Å². The van der Waals surface area contributed by atoms with Crippen LogP contribution in [0.2, 0.25) is 0 Å². The first-order valence-electron chi connectivity index (χ1n) is 7.18. The lowest BCUT2D eigenvalue weighted by molar-refractivity contribution is 0.628. The molecule has 0 saturated heterocycles. The van der Waals surface area contributed by atoms with Gasteiger partial charge >= 0.3 is 0 Å². The molecular weight excluding hydrogens is 279 g/mol. The normalized spacial score (nSPS) is 15.4. The van der Waals surface area contributed by atoms with Crippen LogP contribution in [-0.2, 0) is 6.54 Å². The van der Waals surface area contributed by atoms with Gasteiger partial charge in [-0.2, -0.15) is 4.98 Å². The summed E-state index contributed by atoms with van der Waals surface area (Å²) >= 11 is 0. The second kappa shape index (κ2) is 4.91. The number of rotatable bonds is 1. The predicted octanol–water partition coefficient (Wildman–Crippen LogP) is 3.48. The summed E-state index contributed by atoms with van der Waals surface area (Å²) in [7, 11) is 0. The van der Waals surface area contributed by atoms with Gasteiger partial charge in [0.15, 0.2) is 0 Å². The van der Waals surface area contributed by atoms with Crippen LogP contribution in [0.25, 0.3) is 22.6 Å². The van der Waals surface area contributed by atoms with Crippen LogP contribution in [0.4, 0.5) is 4.39 Å². The van der Waals surface area contributed by atoms with E-state index >= 15 is 0 Å². The Morgan fingerprint density at radius 3 is 2.68 bits per heavy atom. The van der Waals surface area contributed by atoms with Crippen molar-refractivity contribution in [1.29, 1.82) is 0 Å². The number of hydrogen-bond donors (Lipinski definition) is 0. The Labute approximate surface area is 126 Å². The quantitative estimate of drug-likeness (QED) is 0.688. The summed E-state index contributed by atoms with van der Waals surface area (Å²) in [5.41, 5.74) is 2.63. The molecule has 2 heterocycles. The summed E-state index contributed by atoms with van der Waals surface area (Å²) in [4.78, 5) is 16.4. The van der Waals surface area contributed by atoms with Gasteiger partial charge in [-0.15, -0.1) is 0 Å². The molecule has 0 atom stereocenters. The summed E-state index contributed by atoms with van der Waals surface area (Å²) < 4.78 is 15.1. The number of fused-ring (bicyclic) bond motifs is 3. The zero-order valence-corrected chi connectivity index (χ0v) is 11.8. The minimum Gasteiger partial charge on any atom is -0.325 e. The maximum atomic E-state index is 13.0. The van der Waals surface area contributed by atoms with Crippen LogP contribution in [0.1, 0.15) is 17.8 Å². The Balaban J connectivity index is 1.89. The second-order valence-corrected chi connectivity index (χ2v) is 5.38. The van der Waals surface area contributed by atoms with Gasteiger partial charge in [0, 0.05) is 6.54 Å². The van der Waals surface area contributed by atoms with E-state index in [9.17, 15) is 9.18 Å². The summed E-state index contributed by atoms with van der Waals surface area (Å²) in [6, 6.07) is 13.8. The molecule has 3 nitrogen and oxygen atoms in total. The van der Waals surface area contributed by atoms with Gasteiger partial charge in [-0.05, 0) is 47.9 Å². The Morgan fingerprint density at radius 1 is 1.09 bits per heavy atom. The molecule has 3 aromatic rings. The predicted molar refractivity (Wildman–Crippen MR) is 84.9 cm³/mol. The van der Waals surface area contributed by atoms with Crippen molar-refractivity contribution in [2.75, 3.05) is 0 Å². The van der Waals surface area contributed by atoms with Gasteiger partial charge in [-0.3, -0.25) is 4.79 Å². The lowest BCUT2D eigenvalue weighted by atomic mass is 10.1. The van der Waals surface area contributed by atoms with Crippen LogP contribution in [-0.4, -0.2) is 9.55 Å². The highest BCUT2D eigenvalue weighted by molar-refractivity contribution is 5.85. The van der Waals surface area contributed by atoms with Crippen LogP contribution < -0.4 is 5.56 Å². The monoisotopic (exact) mass is 292 g/mol. The molecule has 0 radical (unpaired) electrons. The third kappa shape index (κ3) is 2.04. The average Bonchev–Trinajstić information content (AvgIpc) is 2.93. The number of benzene rings is 2. The first-order valence-corrected chi connectivity index (χ1v) is 7.18. The van der Waals surface area contributed by atoms with Gasteiger partial charge in [0.25, 0.3) is 5.56 Å². The van der Waals surface area contributed by atoms with E-state index in [-0.39, 0.29) is 11.4 Å². The van der Waals surface area contributed by atoms with Gasteiger partial charge in [-0.1, -0.05) is 24.3 Å². The number of para-hydroxylation sites is 1. The summed E-state index contributed by atoms with van der Waals surface area (Å²) in [5, 5.41) is 0.647. The average molecular weight is 292 g/mol. The highest BCUT2D eigenvalue weighted by atomic mass is 19.1. The molecule has 0 fully saturated rings. The van der Waals surface area contributed by atoms with Crippen LogP contribution in [0, 0.1) is 5.82 Å². The molecule has 2 aromatic carbocycles. The number of halogens is 1. The number of aromatic nitrogens is 2. The molecule has 22 heavy (non-hydrogen) atoms. The molecule has 0 bridgehead atoms. The largest absolute Gasteiger partial charge is 0.325 e. The van der Waals surface area contributed by atoms with E-state index in [1.54, 1.807) is 18.2 Å². The minimum atomic E-state index is -0.255. The maximum Gasteiger partial charge on any atom is 0.281 e. The molecule has 1 aliphatic heterocycles. The molecule has 0 N–H and O–H groups in total. The van der Waals surface area contributed by atoms with Gasteiger partial charge in [0.2, 0.25) is 0 Å². The van der Waals surface area contributed by atoms with E-state index in [0.717, 1.165) is 29.6 Å². The van der Waals surface area contributed by atoms with E-state index in [4.69, 9.17) is 0 Å². The SMILES string of the molecule is O=c1nc2n(c3ccccc13)CC/C2=C\c1ccc(F)cc1. The molecule has 108 valence electrons. The van der Waals surface area contributed by atoms with E-state index < -0.39 is 0 Å². The summed E-state index contributed by atoms with van der Waals surface area (Å²) in [6.07, 6.45) is 2.79. The third-order valence-corrected chi connectivity index (χ3v) is 3.99. The molecule has 0 saturated carbocycles. The molecule has 0 aliphatic carbocycles. The Morgan fingerprint density at radius 2 is 1.86 bits per heavy atom. The number of allylic oxidation sites excluding steroid dienone is 1. The van der Waals surface area contributed by atoms with E-state index in [2.05, 4.69) is 9.55 Å². The molecular formula is C18H13FN2O. The lowest BCUT2D eigenvalue weighted by Gasteiger charge is -2.07. The van der Waals surface area contributed by atoms with Crippen molar-refractivity contribution in [2.24, 2.45) is 0 Å². The minimum absolute atomic E-state index is 0.200. The summed E-state index contributed by atoms with van der Waals surface area (Å²) in [6.45, 7) is 0.802. The van der Waals surface area contributed by atoms with Crippen LogP contribution in [0.3, 0.4) is 0 Å². The third-order valence-electron chi connectivity index (χ3n) is 3.99. The van der Waals surface area contributed by atoms with Crippen molar-refractivity contribution in [3.63, 3.8) is 0 Å². The molecule has 0 unspecified atom stereocenters. The van der Waals surface area contributed by atoms with Gasteiger partial charge in [0.05, 0.1) is 10.9 Å². The Kier molecular flexibility index (Phi) is 2.89. The Bertz CT molecular complexity index is 955. The first kappa shape index (κ1) is 13.0. The number of nitrogens with zero attached hydrogens (tertiary/aromatic N) is 2. The standard InChI is InChI=1S/C18H13FN2O/c19-14-7-5-12(6-8-14)11-13-9-10-21-16-4-2-1-3-15(16)18(22)20-17(13)21/h1-8,11H,9-10H2/b13-11+. The van der Waals surface area contributed by atoms with Crippen molar-refractivity contribution in [1.82, 2.24) is 9.55 Å². The van der Waals surface area contributed by atoms with Crippen molar-refractivity contribution >= 4 is 22.6 Å². The van der Waals surface area contributed by atoms with Crippen molar-refractivity contribution in [3.05, 3.63) is 76.1 Å². The topological polar surface area (TPSA) is 34.9 Å². The van der Waals surface area contributed by atoms with Gasteiger partial charge in [-0.25, -0.2) is 4.39 Å². The fourth-order valence-electron chi connectivity index (χ4n) is 2.93. The maximum absolute atomic E-state index is 13.0. The molecule has 0 amide bonds. The number of aryl methyl sites for hydroxylation is 1. The van der Waals surface area contributed by atoms with Crippen LogP contribution in [0.5, 0.6) is 0 Å². The molecule has 4 heteroatoms. The summed E-state index contributed by atoms with van der Waals surface area (Å²) in [5.74, 6) is 0.460. The molecule has 0 spiro atoms. The molecule has 4 rings (SSSR count). The first-order chi connectivity index (χ1) is 10.7. The number of hydrogen-bond acceptors (Lipinski definition) is 2. The Hall–Kier alpha value is -2.75.